The van der Waals surface area contributed by atoms with Crippen LogP contribution >= 0.6 is 0 Å². The number of piperidine rings is 1. The van der Waals surface area contributed by atoms with Crippen molar-refractivity contribution >= 4 is 11.9 Å². The Bertz CT molecular complexity index is 1090. The SMILES string of the molecule is N#CC(CCC1CCCCN1Cc1ccccc1)(c1ccccc1)c1ccccc1.O=C(O)C(=O)O. The smallest absolute Gasteiger partial charge is 0.414 e. The molecule has 0 spiro atoms. The lowest BCUT2D eigenvalue weighted by molar-refractivity contribution is -0.159. The van der Waals surface area contributed by atoms with Gasteiger partial charge in [0.1, 0.15) is 5.41 Å². The van der Waals surface area contributed by atoms with Crippen LogP contribution in [0.4, 0.5) is 0 Å². The zero-order chi connectivity index (χ0) is 25.8. The van der Waals surface area contributed by atoms with E-state index in [9.17, 15) is 5.26 Å². The predicted octanol–water partition coefficient (Wildman–Crippen LogP) is 5.49. The second kappa shape index (κ2) is 13.2. The van der Waals surface area contributed by atoms with Crippen LogP contribution in [0.3, 0.4) is 0 Å². The standard InChI is InChI=1S/C28H30N2.C2H2O4/c29-23-28(25-14-6-2-7-15-25,26-16-8-3-9-17-26)20-19-27-18-10-11-21-30(27)22-24-12-4-1-5-13-24;3-1(4)2(5)6/h1-9,12-17,27H,10-11,18-22H2;(H,3,4)(H,5,6). The Morgan fingerprint density at radius 3 is 1.81 bits per heavy atom. The number of aliphatic carboxylic acids is 2. The summed E-state index contributed by atoms with van der Waals surface area (Å²) < 4.78 is 0. The molecule has 2 N–H and O–H groups in total. The Kier molecular flexibility index (Phi) is 9.79. The van der Waals surface area contributed by atoms with Crippen molar-refractivity contribution in [3.05, 3.63) is 108 Å². The highest BCUT2D eigenvalue weighted by Crippen LogP contribution is 2.38. The van der Waals surface area contributed by atoms with E-state index in [-0.39, 0.29) is 0 Å². The number of carboxylic acids is 2. The minimum atomic E-state index is -1.82. The van der Waals surface area contributed by atoms with Crippen LogP contribution < -0.4 is 0 Å². The molecule has 4 rings (SSSR count). The zero-order valence-electron chi connectivity index (χ0n) is 20.3. The second-order valence-electron chi connectivity index (χ2n) is 9.00. The number of nitriles is 1. The summed E-state index contributed by atoms with van der Waals surface area (Å²) in [6.07, 6.45) is 5.64. The fourth-order valence-electron chi connectivity index (χ4n) is 4.88. The van der Waals surface area contributed by atoms with E-state index in [1.165, 1.54) is 24.8 Å². The van der Waals surface area contributed by atoms with Gasteiger partial charge in [-0.2, -0.15) is 5.26 Å². The molecule has 36 heavy (non-hydrogen) atoms. The number of nitrogens with zero attached hydrogens (tertiary/aromatic N) is 2. The van der Waals surface area contributed by atoms with Crippen molar-refractivity contribution in [3.63, 3.8) is 0 Å². The Hall–Kier alpha value is -3.95. The first-order valence-corrected chi connectivity index (χ1v) is 12.2. The molecule has 6 heteroatoms. The van der Waals surface area contributed by atoms with Gasteiger partial charge in [0, 0.05) is 12.6 Å². The first kappa shape index (κ1) is 26.7. The number of hydrogen-bond donors (Lipinski definition) is 2. The summed E-state index contributed by atoms with van der Waals surface area (Å²) in [4.78, 5) is 20.8. The highest BCUT2D eigenvalue weighted by molar-refractivity contribution is 6.27. The van der Waals surface area contributed by atoms with Gasteiger partial charge in [-0.1, -0.05) is 97.4 Å². The van der Waals surface area contributed by atoms with Gasteiger partial charge in [-0.25, -0.2) is 9.59 Å². The largest absolute Gasteiger partial charge is 0.473 e. The third-order valence-electron chi connectivity index (χ3n) is 6.74. The van der Waals surface area contributed by atoms with Crippen molar-refractivity contribution in [1.29, 1.82) is 5.26 Å². The van der Waals surface area contributed by atoms with Gasteiger partial charge in [0.25, 0.3) is 0 Å². The topological polar surface area (TPSA) is 102 Å². The van der Waals surface area contributed by atoms with E-state index in [0.29, 0.717) is 6.04 Å². The number of hydrogen-bond acceptors (Lipinski definition) is 4. The van der Waals surface area contributed by atoms with Crippen molar-refractivity contribution in [2.24, 2.45) is 0 Å². The summed E-state index contributed by atoms with van der Waals surface area (Å²) in [5.41, 5.74) is 2.98. The van der Waals surface area contributed by atoms with Crippen molar-refractivity contribution in [1.82, 2.24) is 4.90 Å². The third kappa shape index (κ3) is 7.03. The quantitative estimate of drug-likeness (QED) is 0.430. The minimum Gasteiger partial charge on any atom is -0.473 e. The molecule has 0 radical (unpaired) electrons. The molecular formula is C30H32N2O4. The van der Waals surface area contributed by atoms with Gasteiger partial charge in [0.15, 0.2) is 0 Å². The lowest BCUT2D eigenvalue weighted by Crippen LogP contribution is -2.40. The zero-order valence-corrected chi connectivity index (χ0v) is 20.3. The fourth-order valence-corrected chi connectivity index (χ4v) is 4.88. The molecule has 1 aliphatic rings. The molecule has 186 valence electrons. The van der Waals surface area contributed by atoms with Gasteiger partial charge in [-0.15, -0.1) is 0 Å². The highest BCUT2D eigenvalue weighted by atomic mass is 16.4. The highest BCUT2D eigenvalue weighted by Gasteiger charge is 2.36. The summed E-state index contributed by atoms with van der Waals surface area (Å²) in [5, 5.41) is 25.2. The van der Waals surface area contributed by atoms with E-state index in [1.54, 1.807) is 0 Å². The fraction of sp³-hybridized carbons (Fsp3) is 0.300. The average Bonchev–Trinajstić information content (AvgIpc) is 2.92. The Balaban J connectivity index is 0.000000538. The van der Waals surface area contributed by atoms with Gasteiger partial charge in [0.2, 0.25) is 0 Å². The predicted molar refractivity (Wildman–Crippen MR) is 138 cm³/mol. The van der Waals surface area contributed by atoms with Crippen LogP contribution in [0.5, 0.6) is 0 Å². The maximum Gasteiger partial charge on any atom is 0.414 e. The van der Waals surface area contributed by atoms with Gasteiger partial charge in [0.05, 0.1) is 6.07 Å². The molecule has 0 amide bonds. The third-order valence-corrected chi connectivity index (χ3v) is 6.74. The van der Waals surface area contributed by atoms with Gasteiger partial charge in [-0.05, 0) is 48.9 Å². The van der Waals surface area contributed by atoms with E-state index in [4.69, 9.17) is 19.8 Å². The van der Waals surface area contributed by atoms with Crippen LogP contribution in [0.2, 0.25) is 0 Å². The lowest BCUT2D eigenvalue weighted by atomic mass is 9.71. The van der Waals surface area contributed by atoms with Crippen LogP contribution in [-0.2, 0) is 21.5 Å². The monoisotopic (exact) mass is 484 g/mol. The van der Waals surface area contributed by atoms with E-state index in [2.05, 4.69) is 65.6 Å². The number of carboxylic acid groups (broad SMARTS) is 2. The van der Waals surface area contributed by atoms with Crippen LogP contribution in [0.1, 0.15) is 48.8 Å². The average molecular weight is 485 g/mol. The second-order valence-corrected chi connectivity index (χ2v) is 9.00. The molecule has 0 aliphatic carbocycles. The van der Waals surface area contributed by atoms with Gasteiger partial charge < -0.3 is 10.2 Å². The summed E-state index contributed by atoms with van der Waals surface area (Å²) in [5.74, 6) is -3.65. The maximum absolute atomic E-state index is 10.5. The van der Waals surface area contributed by atoms with Crippen LogP contribution in [0.15, 0.2) is 91.0 Å². The molecule has 0 bridgehead atoms. The molecule has 1 unspecified atom stereocenters. The van der Waals surface area contributed by atoms with Crippen LogP contribution in [0.25, 0.3) is 0 Å². The first-order chi connectivity index (χ1) is 17.5. The number of likely N-dealkylation sites (tertiary alicyclic amines) is 1. The normalized spacial score (nSPS) is 15.7. The van der Waals surface area contributed by atoms with Crippen LogP contribution in [-0.4, -0.2) is 39.6 Å². The molecule has 1 heterocycles. The molecule has 0 saturated carbocycles. The van der Waals surface area contributed by atoms with Crippen molar-refractivity contribution in [2.45, 2.75) is 50.1 Å². The van der Waals surface area contributed by atoms with E-state index in [1.807, 2.05) is 36.4 Å². The Morgan fingerprint density at radius 1 is 0.833 bits per heavy atom. The van der Waals surface area contributed by atoms with Crippen molar-refractivity contribution in [3.8, 4) is 6.07 Å². The van der Waals surface area contributed by atoms with E-state index >= 15 is 0 Å². The van der Waals surface area contributed by atoms with Crippen LogP contribution in [0, 0.1) is 11.3 Å². The molecule has 1 fully saturated rings. The molecule has 1 saturated heterocycles. The number of rotatable bonds is 7. The number of benzene rings is 3. The molecule has 3 aromatic carbocycles. The molecule has 0 aromatic heterocycles. The lowest BCUT2D eigenvalue weighted by Gasteiger charge is -2.38. The summed E-state index contributed by atoms with van der Waals surface area (Å²) in [7, 11) is 0. The van der Waals surface area contributed by atoms with E-state index < -0.39 is 17.4 Å². The van der Waals surface area contributed by atoms with E-state index in [0.717, 1.165) is 37.1 Å². The van der Waals surface area contributed by atoms with Crippen molar-refractivity contribution < 1.29 is 19.8 Å². The Labute approximate surface area is 212 Å². The molecular weight excluding hydrogens is 452 g/mol. The molecule has 3 aromatic rings. The summed E-state index contributed by atoms with van der Waals surface area (Å²) in [6.45, 7) is 2.15. The van der Waals surface area contributed by atoms with Gasteiger partial charge in [-0.3, -0.25) is 4.90 Å². The summed E-state index contributed by atoms with van der Waals surface area (Å²) >= 11 is 0. The molecule has 1 aliphatic heterocycles. The molecule has 6 nitrogen and oxygen atoms in total. The summed E-state index contributed by atoms with van der Waals surface area (Å²) in [6, 6.07) is 34.7. The van der Waals surface area contributed by atoms with Gasteiger partial charge >= 0.3 is 11.9 Å². The van der Waals surface area contributed by atoms with Crippen molar-refractivity contribution in [2.75, 3.05) is 6.54 Å². The minimum absolute atomic E-state index is 0.527. The first-order valence-electron chi connectivity index (χ1n) is 12.2. The Morgan fingerprint density at radius 2 is 1.33 bits per heavy atom. The number of carbonyl (C=O) groups is 2. The molecule has 1 atom stereocenters. The maximum atomic E-state index is 10.5.